The molecule has 0 atom stereocenters. The van der Waals surface area contributed by atoms with Crippen LogP contribution in [0.1, 0.15) is 25.3 Å². The monoisotopic (exact) mass is 268 g/mol. The number of nitrogens with zero attached hydrogens (tertiary/aromatic N) is 1. The standard InChI is InChI=1S/C13H14F2N2O2/c1-2-19-11(18)4-3-7-17-10-6-5-9(8-16)12(14)13(10)15/h5-6,17H,2-4,7H2,1H3. The molecule has 0 aliphatic heterocycles. The Kier molecular flexibility index (Phi) is 5.73. The van der Waals surface area contributed by atoms with E-state index in [0.29, 0.717) is 19.6 Å². The Balaban J connectivity index is 2.49. The zero-order valence-corrected chi connectivity index (χ0v) is 10.5. The van der Waals surface area contributed by atoms with E-state index >= 15 is 0 Å². The highest BCUT2D eigenvalue weighted by Gasteiger charge is 2.12. The van der Waals surface area contributed by atoms with Crippen molar-refractivity contribution in [2.75, 3.05) is 18.5 Å². The third-order valence-electron chi connectivity index (χ3n) is 2.38. The SMILES string of the molecule is CCOC(=O)CCCNc1ccc(C#N)c(F)c1F. The fourth-order valence-electron chi connectivity index (χ4n) is 1.46. The second-order valence-electron chi connectivity index (χ2n) is 3.74. The van der Waals surface area contributed by atoms with Gasteiger partial charge in [0.05, 0.1) is 17.9 Å². The van der Waals surface area contributed by atoms with Gasteiger partial charge in [-0.25, -0.2) is 8.78 Å². The summed E-state index contributed by atoms with van der Waals surface area (Å²) in [7, 11) is 0. The van der Waals surface area contributed by atoms with Crippen molar-refractivity contribution in [3.63, 3.8) is 0 Å². The number of halogens is 2. The van der Waals surface area contributed by atoms with Crippen LogP contribution >= 0.6 is 0 Å². The molecule has 6 heteroatoms. The molecule has 0 aliphatic rings. The molecule has 1 aromatic rings. The lowest BCUT2D eigenvalue weighted by Crippen LogP contribution is -2.09. The summed E-state index contributed by atoms with van der Waals surface area (Å²) >= 11 is 0. The smallest absolute Gasteiger partial charge is 0.305 e. The summed E-state index contributed by atoms with van der Waals surface area (Å²) in [6, 6.07) is 4.05. The van der Waals surface area contributed by atoms with Crippen LogP contribution in [0, 0.1) is 23.0 Å². The lowest BCUT2D eigenvalue weighted by Gasteiger charge is -2.08. The molecule has 0 aromatic heterocycles. The van der Waals surface area contributed by atoms with E-state index in [-0.39, 0.29) is 23.6 Å². The van der Waals surface area contributed by atoms with Crippen molar-refractivity contribution in [2.45, 2.75) is 19.8 Å². The summed E-state index contributed by atoms with van der Waals surface area (Å²) in [6.45, 7) is 2.34. The van der Waals surface area contributed by atoms with Gasteiger partial charge in [-0.2, -0.15) is 5.26 Å². The van der Waals surface area contributed by atoms with Gasteiger partial charge in [0, 0.05) is 13.0 Å². The molecule has 0 aliphatic carbocycles. The van der Waals surface area contributed by atoms with E-state index in [1.54, 1.807) is 13.0 Å². The summed E-state index contributed by atoms with van der Waals surface area (Å²) < 4.78 is 31.5. The lowest BCUT2D eigenvalue weighted by atomic mass is 10.2. The highest BCUT2D eigenvalue weighted by molar-refractivity contribution is 5.69. The lowest BCUT2D eigenvalue weighted by molar-refractivity contribution is -0.143. The van der Waals surface area contributed by atoms with Crippen molar-refractivity contribution in [1.29, 1.82) is 5.26 Å². The molecular weight excluding hydrogens is 254 g/mol. The molecule has 1 N–H and O–H groups in total. The molecule has 0 bridgehead atoms. The fraction of sp³-hybridized carbons (Fsp3) is 0.385. The van der Waals surface area contributed by atoms with Crippen molar-refractivity contribution in [2.24, 2.45) is 0 Å². The van der Waals surface area contributed by atoms with E-state index in [2.05, 4.69) is 5.32 Å². The van der Waals surface area contributed by atoms with Gasteiger partial charge in [-0.1, -0.05) is 0 Å². The minimum atomic E-state index is -1.17. The first kappa shape index (κ1) is 14.9. The Bertz CT molecular complexity index is 498. The van der Waals surface area contributed by atoms with Crippen LogP contribution in [0.2, 0.25) is 0 Å². The first-order valence-corrected chi connectivity index (χ1v) is 5.87. The van der Waals surface area contributed by atoms with Crippen molar-refractivity contribution in [1.82, 2.24) is 0 Å². The number of carbonyl (C=O) groups is 1. The molecule has 0 fully saturated rings. The molecule has 0 heterocycles. The van der Waals surface area contributed by atoms with Crippen LogP contribution in [-0.2, 0) is 9.53 Å². The predicted octanol–water partition coefficient (Wildman–Crippen LogP) is 2.59. The van der Waals surface area contributed by atoms with Gasteiger partial charge < -0.3 is 10.1 Å². The van der Waals surface area contributed by atoms with Crippen molar-refractivity contribution in [3.05, 3.63) is 29.3 Å². The molecule has 0 amide bonds. The topological polar surface area (TPSA) is 62.1 Å². The molecule has 0 spiro atoms. The van der Waals surface area contributed by atoms with Crippen molar-refractivity contribution < 1.29 is 18.3 Å². The van der Waals surface area contributed by atoms with E-state index in [1.807, 2.05) is 0 Å². The number of hydrogen-bond donors (Lipinski definition) is 1. The molecule has 19 heavy (non-hydrogen) atoms. The number of benzene rings is 1. The first-order valence-electron chi connectivity index (χ1n) is 5.87. The Labute approximate surface area is 110 Å². The third-order valence-corrected chi connectivity index (χ3v) is 2.38. The normalized spacial score (nSPS) is 9.79. The molecule has 0 unspecified atom stereocenters. The van der Waals surface area contributed by atoms with E-state index in [1.165, 1.54) is 12.1 Å². The second-order valence-corrected chi connectivity index (χ2v) is 3.74. The van der Waals surface area contributed by atoms with Crippen LogP contribution in [0.25, 0.3) is 0 Å². The molecule has 1 aromatic carbocycles. The number of carbonyl (C=O) groups excluding carboxylic acids is 1. The van der Waals surface area contributed by atoms with E-state index in [0.717, 1.165) is 0 Å². The number of ether oxygens (including phenoxy) is 1. The maximum atomic E-state index is 13.5. The molecule has 0 saturated carbocycles. The number of nitriles is 1. The maximum absolute atomic E-state index is 13.5. The average molecular weight is 268 g/mol. The zero-order valence-electron chi connectivity index (χ0n) is 10.5. The van der Waals surface area contributed by atoms with Crippen LogP contribution < -0.4 is 5.32 Å². The van der Waals surface area contributed by atoms with E-state index in [9.17, 15) is 13.6 Å². The first-order chi connectivity index (χ1) is 9.10. The number of anilines is 1. The van der Waals surface area contributed by atoms with Gasteiger partial charge >= 0.3 is 5.97 Å². The summed E-state index contributed by atoms with van der Waals surface area (Å²) in [5.74, 6) is -2.58. The quantitative estimate of drug-likeness (QED) is 0.636. The molecular formula is C13H14F2N2O2. The number of esters is 1. The summed E-state index contributed by atoms with van der Waals surface area (Å²) in [5.41, 5.74) is -0.366. The van der Waals surface area contributed by atoms with Gasteiger partial charge in [0.25, 0.3) is 0 Å². The third kappa shape index (κ3) is 4.21. The van der Waals surface area contributed by atoms with Crippen LogP contribution in [0.5, 0.6) is 0 Å². The molecule has 0 radical (unpaired) electrons. The molecule has 4 nitrogen and oxygen atoms in total. The fourth-order valence-corrected chi connectivity index (χ4v) is 1.46. The maximum Gasteiger partial charge on any atom is 0.305 e. The van der Waals surface area contributed by atoms with Crippen LogP contribution in [0.4, 0.5) is 14.5 Å². The van der Waals surface area contributed by atoms with Crippen LogP contribution in [0.15, 0.2) is 12.1 Å². The summed E-state index contributed by atoms with van der Waals surface area (Å²) in [6.07, 6.45) is 0.654. The zero-order chi connectivity index (χ0) is 14.3. The second kappa shape index (κ2) is 7.31. The molecule has 0 saturated heterocycles. The van der Waals surface area contributed by atoms with Crippen LogP contribution in [0.3, 0.4) is 0 Å². The van der Waals surface area contributed by atoms with E-state index in [4.69, 9.17) is 10.00 Å². The Morgan fingerprint density at radius 3 is 2.79 bits per heavy atom. The minimum Gasteiger partial charge on any atom is -0.466 e. The largest absolute Gasteiger partial charge is 0.466 e. The van der Waals surface area contributed by atoms with Crippen molar-refractivity contribution >= 4 is 11.7 Å². The van der Waals surface area contributed by atoms with Gasteiger partial charge in [-0.3, -0.25) is 4.79 Å². The van der Waals surface area contributed by atoms with E-state index < -0.39 is 11.6 Å². The highest BCUT2D eigenvalue weighted by Crippen LogP contribution is 2.20. The van der Waals surface area contributed by atoms with Gasteiger partial charge in [-0.15, -0.1) is 0 Å². The Hall–Kier alpha value is -2.16. The number of rotatable bonds is 6. The van der Waals surface area contributed by atoms with Crippen LogP contribution in [-0.4, -0.2) is 19.1 Å². The summed E-state index contributed by atoms with van der Waals surface area (Å²) in [5, 5.41) is 11.2. The Morgan fingerprint density at radius 2 is 2.16 bits per heavy atom. The molecule has 102 valence electrons. The Morgan fingerprint density at radius 1 is 1.42 bits per heavy atom. The molecule has 1 rings (SSSR count). The van der Waals surface area contributed by atoms with Gasteiger partial charge in [-0.05, 0) is 25.5 Å². The van der Waals surface area contributed by atoms with Crippen molar-refractivity contribution in [3.8, 4) is 6.07 Å². The van der Waals surface area contributed by atoms with Gasteiger partial charge in [0.15, 0.2) is 11.6 Å². The predicted molar refractivity (Wildman–Crippen MR) is 65.4 cm³/mol. The number of nitrogens with one attached hydrogen (secondary N) is 1. The minimum absolute atomic E-state index is 0.0274. The highest BCUT2D eigenvalue weighted by atomic mass is 19.2. The summed E-state index contributed by atoms with van der Waals surface area (Å²) in [4.78, 5) is 11.0. The number of hydrogen-bond acceptors (Lipinski definition) is 4. The van der Waals surface area contributed by atoms with Gasteiger partial charge in [0.2, 0.25) is 0 Å². The average Bonchev–Trinajstić information content (AvgIpc) is 2.40. The van der Waals surface area contributed by atoms with Gasteiger partial charge in [0.1, 0.15) is 6.07 Å².